The Hall–Kier alpha value is -1.12. The molecule has 1 amide bonds. The highest BCUT2D eigenvalue weighted by Gasteiger charge is 2.52. The smallest absolute Gasteiger partial charge is 0.411 e. The molecule has 7 nitrogen and oxygen atoms in total. The molecule has 3 atom stereocenters. The molecule has 26 heavy (non-hydrogen) atoms. The number of ether oxygens (including phenoxy) is 2. The highest BCUT2D eigenvalue weighted by atomic mass is 28.4. The van der Waals surface area contributed by atoms with Crippen molar-refractivity contribution in [2.24, 2.45) is 0 Å². The lowest BCUT2D eigenvalue weighted by atomic mass is 10.1. The lowest BCUT2D eigenvalue weighted by Gasteiger charge is -2.40. The zero-order valence-electron chi connectivity index (χ0n) is 17.6. The molecule has 0 aromatic heterocycles. The van der Waals surface area contributed by atoms with Gasteiger partial charge in [0.25, 0.3) is 0 Å². The van der Waals surface area contributed by atoms with Crippen LogP contribution in [-0.4, -0.2) is 67.9 Å². The first-order chi connectivity index (χ1) is 11.6. The average molecular weight is 390 g/mol. The number of carbonyl (C=O) groups excluding carboxylic acids is 2. The molecule has 0 radical (unpaired) electrons. The fourth-order valence-corrected chi connectivity index (χ4v) is 4.08. The van der Waals surface area contributed by atoms with Gasteiger partial charge in [-0.3, -0.25) is 4.90 Å². The summed E-state index contributed by atoms with van der Waals surface area (Å²) in [4.78, 5) is 26.3. The van der Waals surface area contributed by atoms with Gasteiger partial charge in [-0.05, 0) is 38.9 Å². The molecular formula is C18H35NO6Si. The Balaban J connectivity index is 3.17. The van der Waals surface area contributed by atoms with E-state index in [1.807, 2.05) is 0 Å². The van der Waals surface area contributed by atoms with Crippen LogP contribution in [0.25, 0.3) is 0 Å². The molecule has 0 aromatic carbocycles. The van der Waals surface area contributed by atoms with Crippen LogP contribution in [0.15, 0.2) is 0 Å². The van der Waals surface area contributed by atoms with Gasteiger partial charge >= 0.3 is 12.1 Å². The van der Waals surface area contributed by atoms with Crippen molar-refractivity contribution in [3.63, 3.8) is 0 Å². The fraction of sp³-hybridized carbons (Fsp3) is 0.889. The first-order valence-electron chi connectivity index (χ1n) is 9.02. The third-order valence-corrected chi connectivity index (χ3v) is 9.60. The van der Waals surface area contributed by atoms with E-state index in [2.05, 4.69) is 33.9 Å². The number of amides is 1. The second-order valence-electron chi connectivity index (χ2n) is 9.33. The van der Waals surface area contributed by atoms with Crippen molar-refractivity contribution in [2.75, 3.05) is 13.7 Å². The first-order valence-corrected chi connectivity index (χ1v) is 11.9. The van der Waals surface area contributed by atoms with Crippen molar-refractivity contribution in [2.45, 2.75) is 89.9 Å². The summed E-state index contributed by atoms with van der Waals surface area (Å²) in [5.41, 5.74) is -0.712. The number of rotatable bonds is 4. The van der Waals surface area contributed by atoms with Gasteiger partial charge in [0.05, 0.1) is 25.9 Å². The first kappa shape index (κ1) is 22.9. The summed E-state index contributed by atoms with van der Waals surface area (Å²) < 4.78 is 16.7. The maximum atomic E-state index is 12.7. The molecule has 0 aromatic rings. The topological polar surface area (TPSA) is 85.3 Å². The number of hydrogen-bond acceptors (Lipinski definition) is 6. The van der Waals surface area contributed by atoms with E-state index >= 15 is 0 Å². The summed E-state index contributed by atoms with van der Waals surface area (Å²) >= 11 is 0. The van der Waals surface area contributed by atoms with Crippen LogP contribution < -0.4 is 0 Å². The van der Waals surface area contributed by atoms with Gasteiger partial charge in [0.1, 0.15) is 11.6 Å². The van der Waals surface area contributed by atoms with Crippen LogP contribution in [0.4, 0.5) is 4.79 Å². The van der Waals surface area contributed by atoms with Crippen LogP contribution in [-0.2, 0) is 18.7 Å². The van der Waals surface area contributed by atoms with Gasteiger partial charge in [0, 0.05) is 6.42 Å². The lowest BCUT2D eigenvalue weighted by molar-refractivity contribution is -0.146. The number of likely N-dealkylation sites (tertiary alicyclic amines) is 1. The third-order valence-electron chi connectivity index (χ3n) is 5.09. The number of aliphatic hydroxyl groups excluding tert-OH is 1. The molecule has 8 heteroatoms. The molecule has 0 saturated carbocycles. The number of nitrogens with zero attached hydrogens (tertiary/aromatic N) is 1. The van der Waals surface area contributed by atoms with Gasteiger partial charge in [0.2, 0.25) is 0 Å². The van der Waals surface area contributed by atoms with Gasteiger partial charge < -0.3 is 19.0 Å². The van der Waals surface area contributed by atoms with Gasteiger partial charge in [-0.15, -0.1) is 0 Å². The van der Waals surface area contributed by atoms with E-state index in [4.69, 9.17) is 13.9 Å². The molecule has 1 aliphatic heterocycles. The molecule has 1 saturated heterocycles. The van der Waals surface area contributed by atoms with Crippen molar-refractivity contribution >= 4 is 20.4 Å². The minimum atomic E-state index is -2.16. The maximum Gasteiger partial charge on any atom is 0.411 e. The van der Waals surface area contributed by atoms with Crippen LogP contribution in [0.1, 0.15) is 48.0 Å². The number of aliphatic hydroxyl groups is 1. The molecule has 1 fully saturated rings. The summed E-state index contributed by atoms with van der Waals surface area (Å²) in [6, 6.07) is -1.48. The highest BCUT2D eigenvalue weighted by Crippen LogP contribution is 2.40. The van der Waals surface area contributed by atoms with Gasteiger partial charge in [0.15, 0.2) is 8.32 Å². The Morgan fingerprint density at radius 1 is 1.15 bits per heavy atom. The van der Waals surface area contributed by atoms with Crippen LogP contribution in [0.3, 0.4) is 0 Å². The third kappa shape index (κ3) is 5.20. The second-order valence-corrected chi connectivity index (χ2v) is 14.1. The standard InChI is InChI=1S/C18H35NO6Si/c1-17(2,3)24-16(22)19-12(15(21)23-7)10-14(13(19)11-20)25-26(8,9)18(4,5)6/h12-14,20H,10-11H2,1-9H3/t12-,13-,14-/m0/s1. The Morgan fingerprint density at radius 2 is 1.69 bits per heavy atom. The van der Waals surface area contributed by atoms with Gasteiger partial charge in [-0.1, -0.05) is 20.8 Å². The van der Waals surface area contributed by atoms with Crippen molar-refractivity contribution in [3.05, 3.63) is 0 Å². The van der Waals surface area contributed by atoms with Crippen LogP contribution >= 0.6 is 0 Å². The molecule has 1 N–H and O–H groups in total. The number of methoxy groups -OCH3 is 1. The molecule has 1 heterocycles. The summed E-state index contributed by atoms with van der Waals surface area (Å²) in [6.07, 6.45) is -0.810. The number of esters is 1. The quantitative estimate of drug-likeness (QED) is 0.588. The van der Waals surface area contributed by atoms with E-state index in [0.717, 1.165) is 0 Å². The van der Waals surface area contributed by atoms with Crippen molar-refractivity contribution in [1.29, 1.82) is 0 Å². The van der Waals surface area contributed by atoms with Crippen LogP contribution in [0.2, 0.25) is 18.1 Å². The van der Waals surface area contributed by atoms with Crippen LogP contribution in [0.5, 0.6) is 0 Å². The zero-order chi connectivity index (χ0) is 20.5. The number of carbonyl (C=O) groups is 2. The minimum absolute atomic E-state index is 0.0346. The minimum Gasteiger partial charge on any atom is -0.467 e. The molecule has 1 rings (SSSR count). The van der Waals surface area contributed by atoms with Crippen molar-refractivity contribution in [1.82, 2.24) is 4.90 Å². The summed E-state index contributed by atoms with van der Waals surface area (Å²) in [5.74, 6) is -0.532. The SMILES string of the molecule is COC(=O)[C@@H]1C[C@H](O[Si](C)(C)C(C)(C)C)[C@H](CO)N1C(=O)OC(C)(C)C. The monoisotopic (exact) mass is 389 g/mol. The largest absolute Gasteiger partial charge is 0.467 e. The Bertz CT molecular complexity index is 523. The average Bonchev–Trinajstić information content (AvgIpc) is 2.81. The molecule has 0 unspecified atom stereocenters. The van der Waals surface area contributed by atoms with Crippen molar-refractivity contribution in [3.8, 4) is 0 Å². The normalized spacial score (nSPS) is 24.5. The summed E-state index contributed by atoms with van der Waals surface area (Å²) in [5, 5.41) is 9.93. The van der Waals surface area contributed by atoms with E-state index in [1.54, 1.807) is 20.8 Å². The predicted molar refractivity (Wildman–Crippen MR) is 101 cm³/mol. The van der Waals surface area contributed by atoms with Gasteiger partial charge in [-0.25, -0.2) is 9.59 Å². The zero-order valence-corrected chi connectivity index (χ0v) is 18.6. The Labute approximate surface area is 158 Å². The summed E-state index contributed by atoms with van der Waals surface area (Å²) in [6.45, 7) is 15.5. The Kier molecular flexibility index (Phi) is 6.93. The van der Waals surface area contributed by atoms with E-state index in [0.29, 0.717) is 0 Å². The van der Waals surface area contributed by atoms with E-state index in [1.165, 1.54) is 12.0 Å². The summed E-state index contributed by atoms with van der Waals surface area (Å²) in [7, 11) is -0.872. The molecule has 0 bridgehead atoms. The molecule has 152 valence electrons. The van der Waals surface area contributed by atoms with Crippen LogP contribution in [0, 0.1) is 0 Å². The molecule has 1 aliphatic rings. The predicted octanol–water partition coefficient (Wildman–Crippen LogP) is 2.92. The fourth-order valence-electron chi connectivity index (χ4n) is 2.71. The highest BCUT2D eigenvalue weighted by molar-refractivity contribution is 6.74. The number of hydrogen-bond donors (Lipinski definition) is 1. The molecule has 0 aliphatic carbocycles. The van der Waals surface area contributed by atoms with Crippen molar-refractivity contribution < 1.29 is 28.6 Å². The molecule has 0 spiro atoms. The van der Waals surface area contributed by atoms with Gasteiger partial charge in [-0.2, -0.15) is 0 Å². The van der Waals surface area contributed by atoms with E-state index < -0.39 is 44.2 Å². The van der Waals surface area contributed by atoms with E-state index in [9.17, 15) is 14.7 Å². The van der Waals surface area contributed by atoms with E-state index in [-0.39, 0.29) is 18.1 Å². The Morgan fingerprint density at radius 3 is 2.08 bits per heavy atom. The molecular weight excluding hydrogens is 354 g/mol. The second kappa shape index (κ2) is 7.86. The lowest BCUT2D eigenvalue weighted by Crippen LogP contribution is -2.52. The maximum absolute atomic E-state index is 12.7.